The number of hydrogen-bond donors (Lipinski definition) is 2. The Labute approximate surface area is 149 Å². The van der Waals surface area contributed by atoms with E-state index in [1.54, 1.807) is 18.2 Å². The van der Waals surface area contributed by atoms with Gasteiger partial charge in [-0.1, -0.05) is 32.6 Å². The molecule has 2 N–H and O–H groups in total. The van der Waals surface area contributed by atoms with E-state index >= 15 is 0 Å². The van der Waals surface area contributed by atoms with Gasteiger partial charge < -0.3 is 9.84 Å². The predicted octanol–water partition coefficient (Wildman–Crippen LogP) is 4.94. The normalized spacial score (nSPS) is 11.4. The third-order valence-electron chi connectivity index (χ3n) is 3.96. The summed E-state index contributed by atoms with van der Waals surface area (Å²) in [6, 6.07) is 10.6. The highest BCUT2D eigenvalue weighted by Crippen LogP contribution is 2.29. The molecular weight excluding hydrogens is 340 g/mol. The quantitative estimate of drug-likeness (QED) is 0.486. The Hall–Kier alpha value is -2.05. The number of aryl methyl sites for hydroxylation is 1. The summed E-state index contributed by atoms with van der Waals surface area (Å²) in [6.07, 6.45) is 6.57. The molecule has 0 saturated carbocycles. The second-order valence-electron chi connectivity index (χ2n) is 6.00. The van der Waals surface area contributed by atoms with Crippen LogP contribution < -0.4 is 4.74 Å². The van der Waals surface area contributed by atoms with E-state index in [0.29, 0.717) is 11.5 Å². The van der Waals surface area contributed by atoms with Crippen LogP contribution in [0.15, 0.2) is 47.4 Å². The van der Waals surface area contributed by atoms with Crippen molar-refractivity contribution in [2.75, 3.05) is 0 Å². The van der Waals surface area contributed by atoms with Crippen LogP contribution >= 0.6 is 0 Å². The third kappa shape index (κ3) is 6.07. The molecule has 2 aromatic rings. The lowest BCUT2D eigenvalue weighted by atomic mass is 10.0. The first-order valence-electron chi connectivity index (χ1n) is 8.47. The van der Waals surface area contributed by atoms with Crippen LogP contribution in [0.4, 0.5) is 0 Å². The number of aromatic hydroxyl groups is 1. The van der Waals surface area contributed by atoms with E-state index < -0.39 is 10.1 Å². The molecular formula is C19H24O5S. The van der Waals surface area contributed by atoms with Gasteiger partial charge in [-0.2, -0.15) is 8.42 Å². The number of hydrogen-bond acceptors (Lipinski definition) is 4. The Kier molecular flexibility index (Phi) is 6.84. The van der Waals surface area contributed by atoms with E-state index in [0.717, 1.165) is 24.8 Å². The van der Waals surface area contributed by atoms with Gasteiger partial charge >= 0.3 is 0 Å². The molecule has 0 unspecified atom stereocenters. The summed E-state index contributed by atoms with van der Waals surface area (Å²) in [6.45, 7) is 2.18. The van der Waals surface area contributed by atoms with Crippen molar-refractivity contribution < 1.29 is 22.8 Å². The minimum absolute atomic E-state index is 0.182. The second-order valence-corrected chi connectivity index (χ2v) is 7.42. The Morgan fingerprint density at radius 2 is 1.56 bits per heavy atom. The van der Waals surface area contributed by atoms with Crippen molar-refractivity contribution >= 4 is 10.1 Å². The standard InChI is InChI=1S/C19H24O5S/c1-2-3-4-5-6-7-15-14-17(10-13-19(15)20)24-16-8-11-18(12-9-16)25(21,22)23/h8-14,20H,2-7H2,1H3,(H,21,22,23). The van der Waals surface area contributed by atoms with Crippen LogP contribution in [0, 0.1) is 0 Å². The zero-order valence-corrected chi connectivity index (χ0v) is 15.1. The van der Waals surface area contributed by atoms with Crippen molar-refractivity contribution in [1.82, 2.24) is 0 Å². The zero-order valence-electron chi connectivity index (χ0n) is 14.3. The van der Waals surface area contributed by atoms with Crippen molar-refractivity contribution in [2.45, 2.75) is 50.3 Å². The van der Waals surface area contributed by atoms with E-state index in [4.69, 9.17) is 9.29 Å². The minimum Gasteiger partial charge on any atom is -0.508 e. The lowest BCUT2D eigenvalue weighted by molar-refractivity contribution is 0.455. The van der Waals surface area contributed by atoms with Gasteiger partial charge in [0.05, 0.1) is 4.90 Å². The Bertz CT molecular complexity index is 782. The third-order valence-corrected chi connectivity index (χ3v) is 4.83. The Morgan fingerprint density at radius 3 is 2.20 bits per heavy atom. The predicted molar refractivity (Wildman–Crippen MR) is 96.9 cm³/mol. The summed E-state index contributed by atoms with van der Waals surface area (Å²) in [7, 11) is -4.21. The van der Waals surface area contributed by atoms with Gasteiger partial charge in [-0.25, -0.2) is 0 Å². The van der Waals surface area contributed by atoms with Gasteiger partial charge in [0, 0.05) is 0 Å². The SMILES string of the molecule is CCCCCCCc1cc(Oc2ccc(S(=O)(=O)O)cc2)ccc1O. The monoisotopic (exact) mass is 364 g/mol. The summed E-state index contributed by atoms with van der Waals surface area (Å²) in [5, 5.41) is 9.98. The smallest absolute Gasteiger partial charge is 0.294 e. The molecule has 0 aliphatic rings. The van der Waals surface area contributed by atoms with Crippen LogP contribution in [0.5, 0.6) is 17.2 Å². The summed E-state index contributed by atoms with van der Waals surface area (Å²) >= 11 is 0. The van der Waals surface area contributed by atoms with Crippen molar-refractivity contribution in [3.8, 4) is 17.2 Å². The van der Waals surface area contributed by atoms with E-state index in [1.807, 2.05) is 0 Å². The van der Waals surface area contributed by atoms with E-state index in [9.17, 15) is 13.5 Å². The molecule has 5 nitrogen and oxygen atoms in total. The molecule has 0 aromatic heterocycles. The molecule has 0 saturated heterocycles. The molecule has 2 rings (SSSR count). The molecule has 136 valence electrons. The summed E-state index contributed by atoms with van der Waals surface area (Å²) in [5.41, 5.74) is 0.837. The number of unbranched alkanes of at least 4 members (excludes halogenated alkanes) is 4. The number of ether oxygens (including phenoxy) is 1. The average Bonchev–Trinajstić information content (AvgIpc) is 2.57. The summed E-state index contributed by atoms with van der Waals surface area (Å²) in [4.78, 5) is -0.182. The minimum atomic E-state index is -4.21. The molecule has 0 aliphatic carbocycles. The topological polar surface area (TPSA) is 83.8 Å². The van der Waals surface area contributed by atoms with Crippen molar-refractivity contribution in [2.24, 2.45) is 0 Å². The first kappa shape index (κ1) is 19.3. The van der Waals surface area contributed by atoms with Gasteiger partial charge in [0.2, 0.25) is 0 Å². The maximum absolute atomic E-state index is 11.0. The summed E-state index contributed by atoms with van der Waals surface area (Å²) in [5.74, 6) is 1.28. The largest absolute Gasteiger partial charge is 0.508 e. The molecule has 0 bridgehead atoms. The van der Waals surface area contributed by atoms with Gasteiger partial charge in [0.1, 0.15) is 17.2 Å². The number of phenolic OH excluding ortho intramolecular Hbond substituents is 1. The maximum Gasteiger partial charge on any atom is 0.294 e. The molecule has 0 atom stereocenters. The van der Waals surface area contributed by atoms with Gasteiger partial charge in [0.15, 0.2) is 0 Å². The van der Waals surface area contributed by atoms with Gasteiger partial charge in [-0.3, -0.25) is 4.55 Å². The molecule has 25 heavy (non-hydrogen) atoms. The van der Waals surface area contributed by atoms with Crippen LogP contribution in [-0.2, 0) is 16.5 Å². The molecule has 0 radical (unpaired) electrons. The first-order chi connectivity index (χ1) is 11.9. The van der Waals surface area contributed by atoms with Crippen LogP contribution in [0.25, 0.3) is 0 Å². The second kappa shape index (κ2) is 8.87. The fraction of sp³-hybridized carbons (Fsp3) is 0.368. The van der Waals surface area contributed by atoms with Crippen molar-refractivity contribution in [1.29, 1.82) is 0 Å². The fourth-order valence-corrected chi connectivity index (χ4v) is 3.04. The van der Waals surface area contributed by atoms with E-state index in [-0.39, 0.29) is 10.6 Å². The lowest BCUT2D eigenvalue weighted by Crippen LogP contribution is -1.97. The highest BCUT2D eigenvalue weighted by Gasteiger charge is 2.10. The fourth-order valence-electron chi connectivity index (χ4n) is 2.56. The molecule has 6 heteroatoms. The zero-order chi connectivity index (χ0) is 18.3. The van der Waals surface area contributed by atoms with Crippen LogP contribution in [0.2, 0.25) is 0 Å². The highest BCUT2D eigenvalue weighted by atomic mass is 32.2. The molecule has 0 aliphatic heterocycles. The molecule has 0 spiro atoms. The Balaban J connectivity index is 2.01. The molecule has 0 fully saturated rings. The lowest BCUT2D eigenvalue weighted by Gasteiger charge is -2.10. The molecule has 0 heterocycles. The average molecular weight is 364 g/mol. The van der Waals surface area contributed by atoms with Crippen LogP contribution in [0.1, 0.15) is 44.6 Å². The van der Waals surface area contributed by atoms with E-state index in [1.165, 1.54) is 43.5 Å². The van der Waals surface area contributed by atoms with Crippen LogP contribution in [0.3, 0.4) is 0 Å². The van der Waals surface area contributed by atoms with Gasteiger partial charge in [-0.05, 0) is 60.9 Å². The number of phenols is 1. The summed E-state index contributed by atoms with van der Waals surface area (Å²) < 4.78 is 36.8. The highest BCUT2D eigenvalue weighted by molar-refractivity contribution is 7.85. The first-order valence-corrected chi connectivity index (χ1v) is 9.91. The van der Waals surface area contributed by atoms with E-state index in [2.05, 4.69) is 6.92 Å². The number of rotatable bonds is 9. The van der Waals surface area contributed by atoms with Gasteiger partial charge in [-0.15, -0.1) is 0 Å². The molecule has 2 aromatic carbocycles. The van der Waals surface area contributed by atoms with Crippen molar-refractivity contribution in [3.05, 3.63) is 48.0 Å². The molecule has 0 amide bonds. The van der Waals surface area contributed by atoms with Gasteiger partial charge in [0.25, 0.3) is 10.1 Å². The van der Waals surface area contributed by atoms with Crippen LogP contribution in [-0.4, -0.2) is 18.1 Å². The number of benzene rings is 2. The van der Waals surface area contributed by atoms with Crippen molar-refractivity contribution in [3.63, 3.8) is 0 Å². The maximum atomic E-state index is 11.0. The Morgan fingerprint density at radius 1 is 0.920 bits per heavy atom.